The molecule has 0 aliphatic carbocycles. The number of carbonyl (C=O) groups is 1. The van der Waals surface area contributed by atoms with Gasteiger partial charge in [-0.3, -0.25) is 4.79 Å². The summed E-state index contributed by atoms with van der Waals surface area (Å²) in [7, 11) is 3.91. The molecule has 0 spiro atoms. The van der Waals surface area contributed by atoms with E-state index in [4.69, 9.17) is 0 Å². The standard InChI is InChI=1S/C15H18FN3OS/c1-10-13(14(20)17-8-9-19(2)3)21-15(18-10)11-4-6-12(16)7-5-11/h4-7H,8-9H2,1-3H3,(H,17,20). The minimum atomic E-state index is -0.284. The van der Waals surface area contributed by atoms with E-state index in [0.29, 0.717) is 17.1 Å². The van der Waals surface area contributed by atoms with Crippen LogP contribution in [0.15, 0.2) is 24.3 Å². The van der Waals surface area contributed by atoms with Gasteiger partial charge in [0.1, 0.15) is 15.7 Å². The Labute approximate surface area is 127 Å². The molecule has 0 saturated carbocycles. The summed E-state index contributed by atoms with van der Waals surface area (Å²) in [4.78, 5) is 19.1. The van der Waals surface area contributed by atoms with E-state index < -0.39 is 0 Å². The van der Waals surface area contributed by atoms with Crippen LogP contribution in [-0.2, 0) is 0 Å². The topological polar surface area (TPSA) is 45.2 Å². The third-order valence-corrected chi connectivity index (χ3v) is 4.14. The van der Waals surface area contributed by atoms with Crippen LogP contribution in [0.3, 0.4) is 0 Å². The number of carbonyl (C=O) groups excluding carboxylic acids is 1. The molecule has 2 rings (SSSR count). The highest BCUT2D eigenvalue weighted by molar-refractivity contribution is 7.17. The SMILES string of the molecule is Cc1nc(-c2ccc(F)cc2)sc1C(=O)NCCN(C)C. The highest BCUT2D eigenvalue weighted by Gasteiger charge is 2.15. The summed E-state index contributed by atoms with van der Waals surface area (Å²) in [5.41, 5.74) is 1.51. The molecule has 0 saturated heterocycles. The Morgan fingerprint density at radius 2 is 2.00 bits per heavy atom. The zero-order valence-electron chi connectivity index (χ0n) is 12.3. The lowest BCUT2D eigenvalue weighted by Crippen LogP contribution is -2.31. The Bertz CT molecular complexity index is 622. The largest absolute Gasteiger partial charge is 0.350 e. The van der Waals surface area contributed by atoms with Crippen molar-refractivity contribution in [2.24, 2.45) is 0 Å². The van der Waals surface area contributed by atoms with Crippen molar-refractivity contribution in [1.82, 2.24) is 15.2 Å². The van der Waals surface area contributed by atoms with Crippen LogP contribution < -0.4 is 5.32 Å². The first-order valence-electron chi connectivity index (χ1n) is 6.63. The molecule has 0 radical (unpaired) electrons. The highest BCUT2D eigenvalue weighted by atomic mass is 32.1. The molecule has 0 aliphatic heterocycles. The molecule has 0 bridgehead atoms. The van der Waals surface area contributed by atoms with Gasteiger partial charge in [0.15, 0.2) is 0 Å². The number of likely N-dealkylation sites (N-methyl/N-ethyl adjacent to an activating group) is 1. The van der Waals surface area contributed by atoms with E-state index in [1.54, 1.807) is 12.1 Å². The number of aryl methyl sites for hydroxylation is 1. The van der Waals surface area contributed by atoms with E-state index in [1.165, 1.54) is 23.5 Å². The predicted octanol–water partition coefficient (Wildman–Crippen LogP) is 2.55. The van der Waals surface area contributed by atoms with Crippen molar-refractivity contribution in [3.8, 4) is 10.6 Å². The monoisotopic (exact) mass is 307 g/mol. The van der Waals surface area contributed by atoms with Crippen molar-refractivity contribution in [3.05, 3.63) is 40.7 Å². The van der Waals surface area contributed by atoms with Crippen molar-refractivity contribution < 1.29 is 9.18 Å². The maximum Gasteiger partial charge on any atom is 0.263 e. The Morgan fingerprint density at radius 1 is 1.33 bits per heavy atom. The molecule has 21 heavy (non-hydrogen) atoms. The van der Waals surface area contributed by atoms with Gasteiger partial charge in [0.05, 0.1) is 5.69 Å². The van der Waals surface area contributed by atoms with E-state index in [-0.39, 0.29) is 11.7 Å². The van der Waals surface area contributed by atoms with Crippen LogP contribution in [0.2, 0.25) is 0 Å². The Balaban J connectivity index is 2.11. The van der Waals surface area contributed by atoms with Crippen molar-refractivity contribution in [2.45, 2.75) is 6.92 Å². The molecular weight excluding hydrogens is 289 g/mol. The molecule has 0 atom stereocenters. The third-order valence-electron chi connectivity index (χ3n) is 2.94. The normalized spacial score (nSPS) is 10.9. The first kappa shape index (κ1) is 15.6. The van der Waals surface area contributed by atoms with Gasteiger partial charge in [-0.2, -0.15) is 0 Å². The Kier molecular flexibility index (Phi) is 5.03. The molecule has 1 aromatic heterocycles. The van der Waals surface area contributed by atoms with Gasteiger partial charge in [-0.05, 0) is 45.3 Å². The van der Waals surface area contributed by atoms with E-state index in [0.717, 1.165) is 17.1 Å². The molecule has 1 aromatic carbocycles. The van der Waals surface area contributed by atoms with E-state index in [1.807, 2.05) is 25.9 Å². The number of rotatable bonds is 5. The summed E-state index contributed by atoms with van der Waals surface area (Å²) >= 11 is 1.33. The van der Waals surface area contributed by atoms with Crippen LogP contribution >= 0.6 is 11.3 Å². The number of amides is 1. The van der Waals surface area contributed by atoms with Crippen molar-refractivity contribution in [1.29, 1.82) is 0 Å². The van der Waals surface area contributed by atoms with Gasteiger partial charge in [-0.15, -0.1) is 11.3 Å². The zero-order valence-corrected chi connectivity index (χ0v) is 13.1. The molecule has 1 amide bonds. The number of halogens is 1. The maximum absolute atomic E-state index is 12.9. The fourth-order valence-corrected chi connectivity index (χ4v) is 2.78. The number of aromatic nitrogens is 1. The van der Waals surface area contributed by atoms with E-state index in [9.17, 15) is 9.18 Å². The molecule has 0 unspecified atom stereocenters. The first-order chi connectivity index (χ1) is 9.97. The minimum absolute atomic E-state index is 0.111. The summed E-state index contributed by atoms with van der Waals surface area (Å²) in [6.45, 7) is 3.19. The predicted molar refractivity (Wildman–Crippen MR) is 83.1 cm³/mol. The molecule has 0 fully saturated rings. The lowest BCUT2D eigenvalue weighted by atomic mass is 10.2. The van der Waals surface area contributed by atoms with Crippen LogP contribution in [0.5, 0.6) is 0 Å². The van der Waals surface area contributed by atoms with Crippen molar-refractivity contribution >= 4 is 17.2 Å². The smallest absolute Gasteiger partial charge is 0.263 e. The number of hydrogen-bond acceptors (Lipinski definition) is 4. The molecule has 6 heteroatoms. The second kappa shape index (κ2) is 6.78. The fourth-order valence-electron chi connectivity index (χ4n) is 1.80. The van der Waals surface area contributed by atoms with E-state index >= 15 is 0 Å². The zero-order chi connectivity index (χ0) is 15.4. The highest BCUT2D eigenvalue weighted by Crippen LogP contribution is 2.27. The average molecular weight is 307 g/mol. The van der Waals surface area contributed by atoms with Crippen LogP contribution in [0.1, 0.15) is 15.4 Å². The van der Waals surface area contributed by atoms with Gasteiger partial charge in [0, 0.05) is 18.7 Å². The van der Waals surface area contributed by atoms with Crippen LogP contribution in [0.4, 0.5) is 4.39 Å². The number of nitrogens with zero attached hydrogens (tertiary/aromatic N) is 2. The lowest BCUT2D eigenvalue weighted by molar-refractivity contribution is 0.0954. The molecule has 4 nitrogen and oxygen atoms in total. The second-order valence-corrected chi connectivity index (χ2v) is 6.00. The van der Waals surface area contributed by atoms with Gasteiger partial charge >= 0.3 is 0 Å². The summed E-state index contributed by atoms with van der Waals surface area (Å²) in [5, 5.41) is 3.60. The minimum Gasteiger partial charge on any atom is -0.350 e. The van der Waals surface area contributed by atoms with Gasteiger partial charge in [-0.1, -0.05) is 0 Å². The fraction of sp³-hybridized carbons (Fsp3) is 0.333. The Morgan fingerprint density at radius 3 is 2.62 bits per heavy atom. The molecule has 0 aliphatic rings. The van der Waals surface area contributed by atoms with Gasteiger partial charge in [0.2, 0.25) is 0 Å². The van der Waals surface area contributed by atoms with Crippen molar-refractivity contribution in [2.75, 3.05) is 27.2 Å². The van der Waals surface area contributed by atoms with Crippen molar-refractivity contribution in [3.63, 3.8) is 0 Å². The summed E-state index contributed by atoms with van der Waals surface area (Å²) < 4.78 is 12.9. The van der Waals surface area contributed by atoms with Gasteiger partial charge in [0.25, 0.3) is 5.91 Å². The molecular formula is C15H18FN3OS. The summed E-state index contributed by atoms with van der Waals surface area (Å²) in [6.07, 6.45) is 0. The number of hydrogen-bond donors (Lipinski definition) is 1. The van der Waals surface area contributed by atoms with Crippen LogP contribution in [0, 0.1) is 12.7 Å². The number of benzene rings is 1. The lowest BCUT2D eigenvalue weighted by Gasteiger charge is -2.09. The van der Waals surface area contributed by atoms with Gasteiger partial charge < -0.3 is 10.2 Å². The summed E-state index contributed by atoms with van der Waals surface area (Å²) in [5.74, 6) is -0.395. The molecule has 1 N–H and O–H groups in total. The van der Waals surface area contributed by atoms with Gasteiger partial charge in [-0.25, -0.2) is 9.37 Å². The second-order valence-electron chi connectivity index (χ2n) is 5.00. The quantitative estimate of drug-likeness (QED) is 0.923. The first-order valence-corrected chi connectivity index (χ1v) is 7.45. The Hall–Kier alpha value is -1.79. The summed E-state index contributed by atoms with van der Waals surface area (Å²) in [6, 6.07) is 6.12. The number of nitrogens with one attached hydrogen (secondary N) is 1. The number of thiazole rings is 1. The van der Waals surface area contributed by atoms with E-state index in [2.05, 4.69) is 10.3 Å². The average Bonchev–Trinajstić information content (AvgIpc) is 2.81. The third kappa shape index (κ3) is 4.09. The maximum atomic E-state index is 12.9. The molecule has 2 aromatic rings. The van der Waals surface area contributed by atoms with Crippen LogP contribution in [0.25, 0.3) is 10.6 Å². The van der Waals surface area contributed by atoms with Crippen LogP contribution in [-0.4, -0.2) is 43.0 Å². The molecule has 112 valence electrons. The molecule has 1 heterocycles.